The molecule has 2 unspecified atom stereocenters. The van der Waals surface area contributed by atoms with Crippen LogP contribution in [0.5, 0.6) is 0 Å². The van der Waals surface area contributed by atoms with E-state index in [0.717, 1.165) is 25.2 Å². The summed E-state index contributed by atoms with van der Waals surface area (Å²) in [6, 6.07) is 7.73. The van der Waals surface area contributed by atoms with E-state index in [4.69, 9.17) is 10.8 Å². The Morgan fingerprint density at radius 1 is 1.37 bits per heavy atom. The SMILES string of the molecule is CC1CCC(CN)CN1Cc1ccc(C(=O)O)cc1. The average Bonchev–Trinajstić information content (AvgIpc) is 2.42. The van der Waals surface area contributed by atoms with Crippen molar-refractivity contribution in [3.8, 4) is 0 Å². The van der Waals surface area contributed by atoms with Crippen molar-refractivity contribution in [1.82, 2.24) is 4.90 Å². The van der Waals surface area contributed by atoms with Crippen LogP contribution in [0.1, 0.15) is 35.7 Å². The van der Waals surface area contributed by atoms with Gasteiger partial charge in [-0.15, -0.1) is 0 Å². The fourth-order valence-electron chi connectivity index (χ4n) is 2.66. The molecule has 0 aromatic heterocycles. The van der Waals surface area contributed by atoms with Gasteiger partial charge in [-0.25, -0.2) is 4.79 Å². The van der Waals surface area contributed by atoms with Gasteiger partial charge in [-0.3, -0.25) is 4.90 Å². The monoisotopic (exact) mass is 262 g/mol. The van der Waals surface area contributed by atoms with Crippen molar-refractivity contribution in [1.29, 1.82) is 0 Å². The van der Waals surface area contributed by atoms with Gasteiger partial charge in [-0.05, 0) is 49.9 Å². The smallest absolute Gasteiger partial charge is 0.335 e. The molecule has 1 aliphatic heterocycles. The maximum absolute atomic E-state index is 10.8. The van der Waals surface area contributed by atoms with Crippen LogP contribution in [-0.4, -0.2) is 35.1 Å². The Kier molecular flexibility index (Phi) is 4.56. The second-order valence-electron chi connectivity index (χ2n) is 5.46. The number of likely N-dealkylation sites (tertiary alicyclic amines) is 1. The topological polar surface area (TPSA) is 66.6 Å². The van der Waals surface area contributed by atoms with E-state index in [1.54, 1.807) is 12.1 Å². The zero-order chi connectivity index (χ0) is 13.8. The Morgan fingerprint density at radius 3 is 2.63 bits per heavy atom. The van der Waals surface area contributed by atoms with Gasteiger partial charge in [0.25, 0.3) is 0 Å². The van der Waals surface area contributed by atoms with Crippen LogP contribution < -0.4 is 5.73 Å². The zero-order valence-electron chi connectivity index (χ0n) is 11.4. The van der Waals surface area contributed by atoms with Gasteiger partial charge in [0.05, 0.1) is 5.56 Å². The number of carbonyl (C=O) groups is 1. The van der Waals surface area contributed by atoms with Gasteiger partial charge >= 0.3 is 5.97 Å². The summed E-state index contributed by atoms with van der Waals surface area (Å²) >= 11 is 0. The molecular formula is C15H22N2O2. The van der Waals surface area contributed by atoms with Crippen molar-refractivity contribution < 1.29 is 9.90 Å². The van der Waals surface area contributed by atoms with Crippen molar-refractivity contribution in [3.05, 3.63) is 35.4 Å². The number of carboxylic acids is 1. The molecule has 0 radical (unpaired) electrons. The predicted octanol–water partition coefficient (Wildman–Crippen LogP) is 1.94. The van der Waals surface area contributed by atoms with E-state index < -0.39 is 5.97 Å². The molecule has 1 heterocycles. The number of carboxylic acid groups (broad SMARTS) is 1. The minimum atomic E-state index is -0.874. The number of aromatic carboxylic acids is 1. The molecule has 19 heavy (non-hydrogen) atoms. The van der Waals surface area contributed by atoms with Crippen LogP contribution in [0.2, 0.25) is 0 Å². The average molecular weight is 262 g/mol. The first-order valence-corrected chi connectivity index (χ1v) is 6.86. The van der Waals surface area contributed by atoms with E-state index >= 15 is 0 Å². The minimum Gasteiger partial charge on any atom is -0.478 e. The highest BCUT2D eigenvalue weighted by atomic mass is 16.4. The van der Waals surface area contributed by atoms with Gasteiger partial charge in [0.1, 0.15) is 0 Å². The van der Waals surface area contributed by atoms with Crippen LogP contribution in [0.4, 0.5) is 0 Å². The van der Waals surface area contributed by atoms with E-state index in [-0.39, 0.29) is 0 Å². The highest BCUT2D eigenvalue weighted by Gasteiger charge is 2.24. The first-order chi connectivity index (χ1) is 9.10. The number of nitrogens with zero attached hydrogens (tertiary/aromatic N) is 1. The molecule has 1 fully saturated rings. The molecule has 1 aromatic rings. The number of hydrogen-bond donors (Lipinski definition) is 2. The van der Waals surface area contributed by atoms with E-state index in [1.165, 1.54) is 12.8 Å². The molecule has 1 aliphatic rings. The van der Waals surface area contributed by atoms with Gasteiger partial charge in [-0.1, -0.05) is 12.1 Å². The summed E-state index contributed by atoms with van der Waals surface area (Å²) in [4.78, 5) is 13.3. The summed E-state index contributed by atoms with van der Waals surface area (Å²) in [5.41, 5.74) is 7.27. The Hall–Kier alpha value is -1.39. The Labute approximate surface area is 114 Å². The summed E-state index contributed by atoms with van der Waals surface area (Å²) in [6.45, 7) is 4.91. The maximum atomic E-state index is 10.8. The van der Waals surface area contributed by atoms with Crippen molar-refractivity contribution in [2.75, 3.05) is 13.1 Å². The molecule has 1 saturated heterocycles. The van der Waals surface area contributed by atoms with Crippen molar-refractivity contribution in [3.63, 3.8) is 0 Å². The number of rotatable bonds is 4. The zero-order valence-corrected chi connectivity index (χ0v) is 11.4. The molecule has 104 valence electrons. The highest BCUT2D eigenvalue weighted by Crippen LogP contribution is 2.23. The van der Waals surface area contributed by atoms with Crippen molar-refractivity contribution in [2.24, 2.45) is 11.7 Å². The van der Waals surface area contributed by atoms with E-state index in [2.05, 4.69) is 11.8 Å². The summed E-state index contributed by atoms with van der Waals surface area (Å²) in [5, 5.41) is 8.88. The fraction of sp³-hybridized carbons (Fsp3) is 0.533. The Bertz CT molecular complexity index is 430. The standard InChI is InChI=1S/C15H22N2O2/c1-11-2-3-13(8-16)10-17(11)9-12-4-6-14(7-5-12)15(18)19/h4-7,11,13H,2-3,8-10,16H2,1H3,(H,18,19). The largest absolute Gasteiger partial charge is 0.478 e. The van der Waals surface area contributed by atoms with Crippen LogP contribution in [0.25, 0.3) is 0 Å². The first kappa shape index (κ1) is 14.0. The molecule has 0 amide bonds. The Morgan fingerprint density at radius 2 is 2.05 bits per heavy atom. The third kappa shape index (κ3) is 3.55. The molecule has 0 saturated carbocycles. The molecule has 4 nitrogen and oxygen atoms in total. The van der Waals surface area contributed by atoms with Crippen LogP contribution in [0.15, 0.2) is 24.3 Å². The highest BCUT2D eigenvalue weighted by molar-refractivity contribution is 5.87. The molecule has 1 aromatic carbocycles. The lowest BCUT2D eigenvalue weighted by molar-refractivity contribution is 0.0697. The lowest BCUT2D eigenvalue weighted by Gasteiger charge is -2.37. The van der Waals surface area contributed by atoms with Gasteiger partial charge in [0.15, 0.2) is 0 Å². The molecule has 2 rings (SSSR count). The minimum absolute atomic E-state index is 0.343. The van der Waals surface area contributed by atoms with Gasteiger partial charge in [0.2, 0.25) is 0 Å². The molecular weight excluding hydrogens is 240 g/mol. The van der Waals surface area contributed by atoms with Gasteiger partial charge < -0.3 is 10.8 Å². The van der Waals surface area contributed by atoms with Crippen LogP contribution in [0.3, 0.4) is 0 Å². The first-order valence-electron chi connectivity index (χ1n) is 6.86. The number of piperidine rings is 1. The summed E-state index contributed by atoms with van der Waals surface area (Å²) in [7, 11) is 0. The summed E-state index contributed by atoms with van der Waals surface area (Å²) in [6.07, 6.45) is 2.40. The fourth-order valence-corrected chi connectivity index (χ4v) is 2.66. The second-order valence-corrected chi connectivity index (χ2v) is 5.46. The third-order valence-electron chi connectivity index (χ3n) is 4.03. The molecule has 2 atom stereocenters. The third-order valence-corrected chi connectivity index (χ3v) is 4.03. The molecule has 0 bridgehead atoms. The normalized spacial score (nSPS) is 24.3. The number of hydrogen-bond acceptors (Lipinski definition) is 3. The van der Waals surface area contributed by atoms with Crippen molar-refractivity contribution in [2.45, 2.75) is 32.4 Å². The summed E-state index contributed by atoms with van der Waals surface area (Å²) in [5.74, 6) is -0.282. The molecule has 0 aliphatic carbocycles. The number of nitrogens with two attached hydrogens (primary N) is 1. The second kappa shape index (κ2) is 6.17. The van der Waals surface area contributed by atoms with E-state index in [0.29, 0.717) is 17.5 Å². The molecule has 4 heteroatoms. The van der Waals surface area contributed by atoms with Crippen LogP contribution >= 0.6 is 0 Å². The maximum Gasteiger partial charge on any atom is 0.335 e. The number of benzene rings is 1. The molecule has 3 N–H and O–H groups in total. The van der Waals surface area contributed by atoms with Gasteiger partial charge in [-0.2, -0.15) is 0 Å². The lowest BCUT2D eigenvalue weighted by atomic mass is 9.93. The quantitative estimate of drug-likeness (QED) is 0.870. The predicted molar refractivity (Wildman–Crippen MR) is 75.1 cm³/mol. The summed E-state index contributed by atoms with van der Waals surface area (Å²) < 4.78 is 0. The van der Waals surface area contributed by atoms with E-state index in [1.807, 2.05) is 12.1 Å². The molecule has 0 spiro atoms. The van der Waals surface area contributed by atoms with Gasteiger partial charge in [0, 0.05) is 19.1 Å². The lowest BCUT2D eigenvalue weighted by Crippen LogP contribution is -2.43. The van der Waals surface area contributed by atoms with Crippen molar-refractivity contribution >= 4 is 5.97 Å². The Balaban J connectivity index is 2.01. The van der Waals surface area contributed by atoms with Crippen LogP contribution in [0, 0.1) is 5.92 Å². The van der Waals surface area contributed by atoms with E-state index in [9.17, 15) is 4.79 Å². The van der Waals surface area contributed by atoms with Crippen LogP contribution in [-0.2, 0) is 6.54 Å².